The molecule has 0 spiro atoms. The van der Waals surface area contributed by atoms with Crippen molar-refractivity contribution < 1.29 is 9.13 Å². The lowest BCUT2D eigenvalue weighted by Gasteiger charge is -2.29. The lowest BCUT2D eigenvalue weighted by molar-refractivity contribution is 0.214. The van der Waals surface area contributed by atoms with E-state index in [2.05, 4.69) is 5.32 Å². The van der Waals surface area contributed by atoms with Crippen LogP contribution in [0.1, 0.15) is 18.9 Å². The number of hydrogen-bond donors (Lipinski definition) is 1. The third-order valence-corrected chi connectivity index (χ3v) is 3.18. The Balaban J connectivity index is 0.00000128. The fourth-order valence-corrected chi connectivity index (χ4v) is 2.20. The highest BCUT2D eigenvalue weighted by Crippen LogP contribution is 2.37. The van der Waals surface area contributed by atoms with E-state index in [4.69, 9.17) is 4.74 Å². The summed E-state index contributed by atoms with van der Waals surface area (Å²) in [7, 11) is 1.62. The van der Waals surface area contributed by atoms with E-state index in [0.717, 1.165) is 17.9 Å². The van der Waals surface area contributed by atoms with Gasteiger partial charge in [0.1, 0.15) is 11.9 Å². The van der Waals surface area contributed by atoms with Gasteiger partial charge in [0, 0.05) is 5.56 Å². The molecule has 0 bridgehead atoms. The first kappa shape index (κ1) is 13.3. The lowest BCUT2D eigenvalue weighted by atomic mass is 9.88. The molecule has 1 fully saturated rings. The Labute approximate surface area is 102 Å². The minimum Gasteiger partial charge on any atom is -0.496 e. The third kappa shape index (κ3) is 2.02. The van der Waals surface area contributed by atoms with Crippen molar-refractivity contribution in [2.75, 3.05) is 13.7 Å². The summed E-state index contributed by atoms with van der Waals surface area (Å²) < 4.78 is 19.1. The van der Waals surface area contributed by atoms with Gasteiger partial charge in [-0.2, -0.15) is 0 Å². The highest BCUT2D eigenvalue weighted by molar-refractivity contribution is 5.85. The standard InChI is InChI=1S/C12H16FNO.ClH/c1-12(11(13)7-8-14-12)9-5-3-4-6-10(9)15-2;/h3-6,11,14H,7-8H2,1-2H3;1H. The maximum Gasteiger partial charge on any atom is 0.124 e. The highest BCUT2D eigenvalue weighted by atomic mass is 35.5. The van der Waals surface area contributed by atoms with Crippen LogP contribution in [0.3, 0.4) is 0 Å². The zero-order chi connectivity index (χ0) is 10.9. The van der Waals surface area contributed by atoms with E-state index in [1.54, 1.807) is 7.11 Å². The Kier molecular flexibility index (Phi) is 4.16. The number of rotatable bonds is 2. The zero-order valence-corrected chi connectivity index (χ0v) is 10.3. The molecule has 1 N–H and O–H groups in total. The van der Waals surface area contributed by atoms with Crippen LogP contribution in [-0.2, 0) is 5.54 Å². The van der Waals surface area contributed by atoms with Gasteiger partial charge in [-0.3, -0.25) is 0 Å². The van der Waals surface area contributed by atoms with Gasteiger partial charge in [0.2, 0.25) is 0 Å². The van der Waals surface area contributed by atoms with E-state index in [9.17, 15) is 4.39 Å². The molecule has 0 amide bonds. The topological polar surface area (TPSA) is 21.3 Å². The number of hydrogen-bond acceptors (Lipinski definition) is 2. The molecule has 90 valence electrons. The molecule has 0 saturated carbocycles. The van der Waals surface area contributed by atoms with E-state index in [1.807, 2.05) is 31.2 Å². The molecule has 4 heteroatoms. The van der Waals surface area contributed by atoms with Gasteiger partial charge in [-0.25, -0.2) is 4.39 Å². The van der Waals surface area contributed by atoms with Crippen molar-refractivity contribution in [3.63, 3.8) is 0 Å². The van der Waals surface area contributed by atoms with Crippen LogP contribution >= 0.6 is 12.4 Å². The summed E-state index contributed by atoms with van der Waals surface area (Å²) >= 11 is 0. The smallest absolute Gasteiger partial charge is 0.124 e. The van der Waals surface area contributed by atoms with Crippen LogP contribution in [0.15, 0.2) is 24.3 Å². The largest absolute Gasteiger partial charge is 0.496 e. The van der Waals surface area contributed by atoms with Crippen LogP contribution in [-0.4, -0.2) is 19.8 Å². The fraction of sp³-hybridized carbons (Fsp3) is 0.500. The first-order valence-electron chi connectivity index (χ1n) is 5.21. The zero-order valence-electron chi connectivity index (χ0n) is 9.50. The first-order valence-corrected chi connectivity index (χ1v) is 5.21. The highest BCUT2D eigenvalue weighted by Gasteiger charge is 2.41. The van der Waals surface area contributed by atoms with Crippen molar-refractivity contribution in [2.45, 2.75) is 25.1 Å². The summed E-state index contributed by atoms with van der Waals surface area (Å²) in [6.07, 6.45) is -0.289. The molecular weight excluding hydrogens is 229 g/mol. The van der Waals surface area contributed by atoms with Gasteiger partial charge in [0.15, 0.2) is 0 Å². The molecule has 1 aliphatic rings. The summed E-state index contributed by atoms with van der Waals surface area (Å²) in [5, 5.41) is 3.22. The van der Waals surface area contributed by atoms with Crippen LogP contribution in [0.5, 0.6) is 5.75 Å². The van der Waals surface area contributed by atoms with E-state index in [0.29, 0.717) is 6.42 Å². The molecule has 16 heavy (non-hydrogen) atoms. The summed E-state index contributed by atoms with van der Waals surface area (Å²) in [4.78, 5) is 0. The van der Waals surface area contributed by atoms with Crippen LogP contribution in [0.25, 0.3) is 0 Å². The molecule has 1 aromatic rings. The van der Waals surface area contributed by atoms with Crippen molar-refractivity contribution >= 4 is 12.4 Å². The van der Waals surface area contributed by atoms with Gasteiger partial charge in [-0.15, -0.1) is 12.4 Å². The summed E-state index contributed by atoms with van der Waals surface area (Å²) in [5.74, 6) is 0.747. The normalized spacial score (nSPS) is 28.6. The van der Waals surface area contributed by atoms with Crippen molar-refractivity contribution in [1.82, 2.24) is 5.32 Å². The molecule has 1 aromatic carbocycles. The molecule has 1 aliphatic heterocycles. The maximum atomic E-state index is 13.9. The van der Waals surface area contributed by atoms with Gasteiger partial charge in [0.05, 0.1) is 12.6 Å². The SMILES string of the molecule is COc1ccccc1C1(C)NCCC1F.Cl. The minimum atomic E-state index is -0.853. The maximum absolute atomic E-state index is 13.9. The van der Waals surface area contributed by atoms with Crippen LogP contribution in [0.4, 0.5) is 4.39 Å². The Hall–Kier alpha value is -0.800. The molecule has 2 rings (SSSR count). The average molecular weight is 246 g/mol. The number of benzene rings is 1. The van der Waals surface area contributed by atoms with E-state index < -0.39 is 11.7 Å². The molecule has 1 saturated heterocycles. The number of alkyl halides is 1. The Morgan fingerprint density at radius 3 is 2.69 bits per heavy atom. The van der Waals surface area contributed by atoms with Crippen LogP contribution < -0.4 is 10.1 Å². The molecular formula is C12H17ClFNO. The minimum absolute atomic E-state index is 0. The number of methoxy groups -OCH3 is 1. The fourth-order valence-electron chi connectivity index (χ4n) is 2.20. The molecule has 2 atom stereocenters. The predicted octanol–water partition coefficient (Wildman–Crippen LogP) is 2.66. The summed E-state index contributed by atoms with van der Waals surface area (Å²) in [6.45, 7) is 2.61. The molecule has 0 radical (unpaired) electrons. The molecule has 2 nitrogen and oxygen atoms in total. The second kappa shape index (κ2) is 5.02. The van der Waals surface area contributed by atoms with Gasteiger partial charge in [-0.1, -0.05) is 18.2 Å². The van der Waals surface area contributed by atoms with Crippen molar-refractivity contribution in [3.05, 3.63) is 29.8 Å². The second-order valence-electron chi connectivity index (χ2n) is 4.09. The molecule has 1 heterocycles. The summed E-state index contributed by atoms with van der Waals surface area (Å²) in [6, 6.07) is 7.60. The van der Waals surface area contributed by atoms with Gasteiger partial charge >= 0.3 is 0 Å². The van der Waals surface area contributed by atoms with Crippen molar-refractivity contribution in [3.8, 4) is 5.75 Å². The Morgan fingerprint density at radius 1 is 1.44 bits per heavy atom. The quantitative estimate of drug-likeness (QED) is 0.865. The lowest BCUT2D eigenvalue weighted by Crippen LogP contribution is -2.40. The Morgan fingerprint density at radius 2 is 2.12 bits per heavy atom. The van der Waals surface area contributed by atoms with Gasteiger partial charge in [0.25, 0.3) is 0 Å². The first-order chi connectivity index (χ1) is 7.18. The van der Waals surface area contributed by atoms with Gasteiger partial charge < -0.3 is 10.1 Å². The van der Waals surface area contributed by atoms with Crippen molar-refractivity contribution in [1.29, 1.82) is 0 Å². The average Bonchev–Trinajstić information content (AvgIpc) is 2.60. The monoisotopic (exact) mass is 245 g/mol. The van der Waals surface area contributed by atoms with E-state index in [1.165, 1.54) is 0 Å². The number of ether oxygens (including phenoxy) is 1. The number of halogens is 2. The second-order valence-corrected chi connectivity index (χ2v) is 4.09. The van der Waals surface area contributed by atoms with E-state index in [-0.39, 0.29) is 12.4 Å². The molecule has 0 aromatic heterocycles. The van der Waals surface area contributed by atoms with Crippen LogP contribution in [0.2, 0.25) is 0 Å². The molecule has 0 aliphatic carbocycles. The third-order valence-electron chi connectivity index (χ3n) is 3.18. The van der Waals surface area contributed by atoms with Crippen molar-refractivity contribution in [2.24, 2.45) is 0 Å². The van der Waals surface area contributed by atoms with Gasteiger partial charge in [-0.05, 0) is 26.0 Å². The Bertz CT molecular complexity index is 361. The molecule has 2 unspecified atom stereocenters. The predicted molar refractivity (Wildman–Crippen MR) is 65.1 cm³/mol. The summed E-state index contributed by atoms with van der Waals surface area (Å²) in [5.41, 5.74) is 0.296. The number of para-hydroxylation sites is 1. The number of nitrogens with one attached hydrogen (secondary N) is 1. The van der Waals surface area contributed by atoms with Crippen LogP contribution in [0, 0.1) is 0 Å². The van der Waals surface area contributed by atoms with E-state index >= 15 is 0 Å².